The minimum atomic E-state index is 0.472. The van der Waals surface area contributed by atoms with Gasteiger partial charge in [0, 0.05) is 23.9 Å². The molecule has 1 aromatic rings. The molecule has 0 aromatic carbocycles. The zero-order valence-electron chi connectivity index (χ0n) is 10.8. The zero-order valence-corrected chi connectivity index (χ0v) is 11.6. The second-order valence-electron chi connectivity index (χ2n) is 5.10. The van der Waals surface area contributed by atoms with Crippen LogP contribution in [-0.2, 0) is 19.3 Å². The van der Waals surface area contributed by atoms with Crippen molar-refractivity contribution in [3.63, 3.8) is 0 Å². The fraction of sp³-hybridized carbons (Fsp3) is 0.692. The molecule has 0 bridgehead atoms. The first-order valence-electron chi connectivity index (χ1n) is 6.83. The van der Waals surface area contributed by atoms with Crippen LogP contribution in [0.2, 0.25) is 0 Å². The van der Waals surface area contributed by atoms with E-state index < -0.39 is 0 Å². The lowest BCUT2D eigenvalue weighted by molar-refractivity contribution is 0.679. The number of hydrogen-bond donors (Lipinski definition) is 2. The van der Waals surface area contributed by atoms with Gasteiger partial charge in [-0.2, -0.15) is 0 Å². The number of aliphatic imine (C=N–C) groups is 1. The SMILES string of the molecule is CC1CN=C(NCCc2nc3c(s2)CCCC3)N1. The minimum absolute atomic E-state index is 0.472. The van der Waals surface area contributed by atoms with Crippen LogP contribution < -0.4 is 10.6 Å². The number of guanidine groups is 1. The smallest absolute Gasteiger partial charge is 0.191 e. The first-order chi connectivity index (χ1) is 8.81. The standard InChI is InChI=1S/C13H20N4S/c1-9-8-15-13(16-9)14-7-6-12-17-10-4-2-3-5-11(10)18-12/h9H,2-8H2,1H3,(H2,14,15,16). The van der Waals surface area contributed by atoms with Crippen LogP contribution in [0.5, 0.6) is 0 Å². The van der Waals surface area contributed by atoms with E-state index in [0.717, 1.165) is 25.5 Å². The Kier molecular flexibility index (Phi) is 3.50. The van der Waals surface area contributed by atoms with Gasteiger partial charge in [0.2, 0.25) is 0 Å². The molecule has 2 heterocycles. The monoisotopic (exact) mass is 264 g/mol. The van der Waals surface area contributed by atoms with Gasteiger partial charge in [-0.15, -0.1) is 11.3 Å². The molecular weight excluding hydrogens is 244 g/mol. The number of nitrogens with one attached hydrogen (secondary N) is 2. The fourth-order valence-electron chi connectivity index (χ4n) is 2.46. The van der Waals surface area contributed by atoms with Gasteiger partial charge >= 0.3 is 0 Å². The number of thiazole rings is 1. The summed E-state index contributed by atoms with van der Waals surface area (Å²) in [7, 11) is 0. The Morgan fingerprint density at radius 2 is 2.28 bits per heavy atom. The third kappa shape index (κ3) is 2.66. The van der Waals surface area contributed by atoms with E-state index in [9.17, 15) is 0 Å². The van der Waals surface area contributed by atoms with Crippen LogP contribution in [-0.4, -0.2) is 30.1 Å². The van der Waals surface area contributed by atoms with Crippen LogP contribution >= 0.6 is 11.3 Å². The number of aryl methyl sites for hydroxylation is 2. The Bertz CT molecular complexity index is 428. The molecule has 1 unspecified atom stereocenters. The van der Waals surface area contributed by atoms with Gasteiger partial charge in [-0.1, -0.05) is 0 Å². The lowest BCUT2D eigenvalue weighted by Crippen LogP contribution is -2.38. The molecule has 0 amide bonds. The largest absolute Gasteiger partial charge is 0.356 e. The molecule has 3 rings (SSSR count). The van der Waals surface area contributed by atoms with E-state index in [1.807, 2.05) is 11.3 Å². The van der Waals surface area contributed by atoms with E-state index in [1.54, 1.807) is 0 Å². The summed E-state index contributed by atoms with van der Waals surface area (Å²) >= 11 is 1.91. The lowest BCUT2D eigenvalue weighted by Gasteiger charge is -2.07. The molecule has 0 saturated heterocycles. The number of nitrogens with zero attached hydrogens (tertiary/aromatic N) is 2. The van der Waals surface area contributed by atoms with E-state index in [1.165, 1.54) is 41.3 Å². The highest BCUT2D eigenvalue weighted by molar-refractivity contribution is 7.11. The summed E-state index contributed by atoms with van der Waals surface area (Å²) in [6, 6.07) is 0.472. The van der Waals surface area contributed by atoms with E-state index in [0.29, 0.717) is 6.04 Å². The molecule has 4 nitrogen and oxygen atoms in total. The number of aromatic nitrogens is 1. The second-order valence-corrected chi connectivity index (χ2v) is 6.26. The Hall–Kier alpha value is -1.10. The van der Waals surface area contributed by atoms with Crippen LogP contribution in [0.1, 0.15) is 35.3 Å². The highest BCUT2D eigenvalue weighted by Crippen LogP contribution is 2.26. The summed E-state index contributed by atoms with van der Waals surface area (Å²) in [5.74, 6) is 0.948. The van der Waals surface area contributed by atoms with Gasteiger partial charge in [-0.05, 0) is 32.6 Å². The van der Waals surface area contributed by atoms with Gasteiger partial charge in [-0.3, -0.25) is 4.99 Å². The Morgan fingerprint density at radius 3 is 3.06 bits per heavy atom. The maximum atomic E-state index is 4.75. The zero-order chi connectivity index (χ0) is 12.4. The van der Waals surface area contributed by atoms with Gasteiger partial charge in [0.15, 0.2) is 5.96 Å². The molecule has 98 valence electrons. The van der Waals surface area contributed by atoms with Gasteiger partial charge in [0.05, 0.1) is 17.2 Å². The summed E-state index contributed by atoms with van der Waals surface area (Å²) in [6.45, 7) is 3.95. The van der Waals surface area contributed by atoms with Crippen molar-refractivity contribution in [1.29, 1.82) is 0 Å². The first-order valence-corrected chi connectivity index (χ1v) is 7.65. The molecule has 1 atom stereocenters. The first kappa shape index (κ1) is 12.0. The Balaban J connectivity index is 1.49. The van der Waals surface area contributed by atoms with E-state index in [4.69, 9.17) is 4.98 Å². The van der Waals surface area contributed by atoms with Crippen LogP contribution in [0.3, 0.4) is 0 Å². The average Bonchev–Trinajstić information content (AvgIpc) is 2.95. The van der Waals surface area contributed by atoms with Crippen molar-refractivity contribution in [3.8, 4) is 0 Å². The van der Waals surface area contributed by atoms with E-state index >= 15 is 0 Å². The van der Waals surface area contributed by atoms with Gasteiger partial charge < -0.3 is 10.6 Å². The molecule has 18 heavy (non-hydrogen) atoms. The van der Waals surface area contributed by atoms with Crippen molar-refractivity contribution in [1.82, 2.24) is 15.6 Å². The molecule has 5 heteroatoms. The summed E-state index contributed by atoms with van der Waals surface area (Å²) in [5.41, 5.74) is 1.37. The summed E-state index contributed by atoms with van der Waals surface area (Å²) < 4.78 is 0. The van der Waals surface area contributed by atoms with Gasteiger partial charge in [0.25, 0.3) is 0 Å². The Morgan fingerprint density at radius 1 is 1.39 bits per heavy atom. The normalized spacial score (nSPS) is 22.3. The Labute approximate surface area is 112 Å². The van der Waals surface area contributed by atoms with Crippen LogP contribution in [0.25, 0.3) is 0 Å². The average molecular weight is 264 g/mol. The molecule has 0 saturated carbocycles. The predicted molar refractivity (Wildman–Crippen MR) is 75.4 cm³/mol. The van der Waals surface area contributed by atoms with Crippen molar-refractivity contribution in [3.05, 3.63) is 15.6 Å². The molecule has 2 aliphatic rings. The van der Waals surface area contributed by atoms with Crippen molar-refractivity contribution < 1.29 is 0 Å². The van der Waals surface area contributed by atoms with Crippen molar-refractivity contribution in [2.45, 2.75) is 45.1 Å². The lowest BCUT2D eigenvalue weighted by atomic mass is 10.0. The summed E-state index contributed by atoms with van der Waals surface area (Å²) in [4.78, 5) is 10.7. The summed E-state index contributed by atoms with van der Waals surface area (Å²) in [6.07, 6.45) is 6.09. The van der Waals surface area contributed by atoms with Crippen LogP contribution in [0, 0.1) is 0 Å². The van der Waals surface area contributed by atoms with Crippen LogP contribution in [0.4, 0.5) is 0 Å². The highest BCUT2D eigenvalue weighted by atomic mass is 32.1. The predicted octanol–water partition coefficient (Wildman–Crippen LogP) is 1.50. The number of rotatable bonds is 3. The maximum absolute atomic E-state index is 4.75. The van der Waals surface area contributed by atoms with E-state index in [-0.39, 0.29) is 0 Å². The third-order valence-electron chi connectivity index (χ3n) is 3.43. The van der Waals surface area contributed by atoms with Crippen molar-refractivity contribution in [2.24, 2.45) is 4.99 Å². The number of hydrogen-bond acceptors (Lipinski definition) is 5. The maximum Gasteiger partial charge on any atom is 0.191 e. The molecule has 0 spiro atoms. The summed E-state index contributed by atoms with van der Waals surface area (Å²) in [5, 5.41) is 7.94. The minimum Gasteiger partial charge on any atom is -0.356 e. The highest BCUT2D eigenvalue weighted by Gasteiger charge is 2.15. The topological polar surface area (TPSA) is 49.3 Å². The molecule has 0 radical (unpaired) electrons. The third-order valence-corrected chi connectivity index (χ3v) is 4.64. The molecule has 1 aliphatic carbocycles. The molecule has 0 fully saturated rings. The van der Waals surface area contributed by atoms with Crippen molar-refractivity contribution in [2.75, 3.05) is 13.1 Å². The van der Waals surface area contributed by atoms with E-state index in [2.05, 4.69) is 22.5 Å². The fourth-order valence-corrected chi connectivity index (χ4v) is 3.62. The second kappa shape index (κ2) is 5.26. The molecule has 1 aliphatic heterocycles. The molecule has 2 N–H and O–H groups in total. The van der Waals surface area contributed by atoms with Crippen LogP contribution in [0.15, 0.2) is 4.99 Å². The van der Waals surface area contributed by atoms with Crippen molar-refractivity contribution >= 4 is 17.3 Å². The number of fused-ring (bicyclic) bond motifs is 1. The molecular formula is C13H20N4S. The van der Waals surface area contributed by atoms with Gasteiger partial charge in [0.1, 0.15) is 0 Å². The van der Waals surface area contributed by atoms with Gasteiger partial charge in [-0.25, -0.2) is 4.98 Å². The molecule has 1 aromatic heterocycles. The quantitative estimate of drug-likeness (QED) is 0.870.